The molecule has 1 aromatic heterocycles. The van der Waals surface area contributed by atoms with Crippen molar-refractivity contribution in [3.05, 3.63) is 94.5 Å². The number of carbonyl (C=O) groups excluding carboxylic acids is 1. The molecule has 0 saturated carbocycles. The van der Waals surface area contributed by atoms with Crippen molar-refractivity contribution in [2.24, 2.45) is 0 Å². The molecule has 4 aromatic rings. The zero-order valence-electron chi connectivity index (χ0n) is 14.4. The Labute approximate surface area is 156 Å². The topological polar surface area (TPSA) is 42.0 Å². The van der Waals surface area contributed by atoms with Crippen LogP contribution >= 0.6 is 11.3 Å². The number of hydrogen-bond acceptors (Lipinski definition) is 3. The summed E-state index contributed by atoms with van der Waals surface area (Å²) in [6, 6.07) is 22.3. The molecule has 4 heteroatoms. The van der Waals surface area contributed by atoms with E-state index >= 15 is 0 Å². The molecule has 1 amide bonds. The number of fused-ring (bicyclic) bond motifs is 1. The molecule has 1 N–H and O–H groups in total. The van der Waals surface area contributed by atoms with E-state index in [0.29, 0.717) is 10.7 Å². The number of amides is 1. The average Bonchev–Trinajstić information content (AvgIpc) is 3.09. The lowest BCUT2D eigenvalue weighted by molar-refractivity contribution is 0.102. The molecule has 0 aliphatic heterocycles. The van der Waals surface area contributed by atoms with Crippen molar-refractivity contribution in [3.8, 4) is 0 Å². The van der Waals surface area contributed by atoms with Crippen LogP contribution in [0.5, 0.6) is 0 Å². The van der Waals surface area contributed by atoms with E-state index in [4.69, 9.17) is 0 Å². The second-order valence-corrected chi connectivity index (χ2v) is 7.33. The van der Waals surface area contributed by atoms with Crippen LogP contribution < -0.4 is 5.32 Å². The summed E-state index contributed by atoms with van der Waals surface area (Å²) in [5.41, 5.74) is 2.90. The van der Waals surface area contributed by atoms with Crippen LogP contribution in [0.25, 0.3) is 10.8 Å². The van der Waals surface area contributed by atoms with Crippen LogP contribution in [-0.2, 0) is 6.42 Å². The second kappa shape index (κ2) is 7.10. The minimum Gasteiger partial charge on any atom is -0.298 e. The molecule has 0 unspecified atom stereocenters. The molecule has 4 rings (SSSR count). The minimum absolute atomic E-state index is 0.117. The highest BCUT2D eigenvalue weighted by Crippen LogP contribution is 2.26. The first-order valence-corrected chi connectivity index (χ1v) is 9.31. The molecule has 128 valence electrons. The summed E-state index contributed by atoms with van der Waals surface area (Å²) in [5, 5.41) is 6.04. The fraction of sp³-hybridized carbons (Fsp3) is 0.0909. The molecule has 26 heavy (non-hydrogen) atoms. The maximum atomic E-state index is 12.4. The lowest BCUT2D eigenvalue weighted by Gasteiger charge is -2.05. The predicted octanol–water partition coefficient (Wildman–Crippen LogP) is 5.45. The third kappa shape index (κ3) is 3.37. The van der Waals surface area contributed by atoms with Crippen molar-refractivity contribution in [3.63, 3.8) is 0 Å². The largest absolute Gasteiger partial charge is 0.298 e. The van der Waals surface area contributed by atoms with E-state index in [1.807, 2.05) is 37.4 Å². The smallest absolute Gasteiger partial charge is 0.257 e. The van der Waals surface area contributed by atoms with E-state index in [9.17, 15) is 4.79 Å². The maximum Gasteiger partial charge on any atom is 0.257 e. The fourth-order valence-electron chi connectivity index (χ4n) is 3.07. The zero-order valence-corrected chi connectivity index (χ0v) is 15.2. The van der Waals surface area contributed by atoms with Gasteiger partial charge in [0.25, 0.3) is 5.91 Å². The lowest BCUT2D eigenvalue weighted by Crippen LogP contribution is -2.12. The van der Waals surface area contributed by atoms with Gasteiger partial charge < -0.3 is 0 Å². The van der Waals surface area contributed by atoms with E-state index in [0.717, 1.165) is 16.9 Å². The summed E-state index contributed by atoms with van der Waals surface area (Å²) in [6.45, 7) is 1.93. The Kier molecular flexibility index (Phi) is 4.50. The molecule has 3 nitrogen and oxygen atoms in total. The van der Waals surface area contributed by atoms with Gasteiger partial charge in [0.05, 0.1) is 0 Å². The molecular formula is C22H18N2OS. The number of nitrogens with zero attached hydrogens (tertiary/aromatic N) is 1. The van der Waals surface area contributed by atoms with E-state index < -0.39 is 0 Å². The predicted molar refractivity (Wildman–Crippen MR) is 108 cm³/mol. The third-order valence-corrected chi connectivity index (χ3v) is 5.32. The van der Waals surface area contributed by atoms with Crippen molar-refractivity contribution in [2.75, 3.05) is 5.32 Å². The summed E-state index contributed by atoms with van der Waals surface area (Å²) in [5.74, 6) is -0.117. The summed E-state index contributed by atoms with van der Waals surface area (Å²) < 4.78 is 0. The molecule has 3 aromatic carbocycles. The highest BCUT2D eigenvalue weighted by molar-refractivity contribution is 7.15. The van der Waals surface area contributed by atoms with Crippen LogP contribution in [0.3, 0.4) is 0 Å². The van der Waals surface area contributed by atoms with E-state index in [1.54, 1.807) is 0 Å². The van der Waals surface area contributed by atoms with Crippen molar-refractivity contribution in [1.82, 2.24) is 4.98 Å². The summed E-state index contributed by atoms with van der Waals surface area (Å²) in [7, 11) is 0. The molecule has 0 aliphatic carbocycles. The van der Waals surface area contributed by atoms with Crippen molar-refractivity contribution >= 4 is 33.1 Å². The van der Waals surface area contributed by atoms with Crippen LogP contribution in [0.4, 0.5) is 5.13 Å². The molecule has 0 atom stereocenters. The van der Waals surface area contributed by atoms with Gasteiger partial charge in [-0.1, -0.05) is 60.7 Å². The monoisotopic (exact) mass is 358 g/mol. The Morgan fingerprint density at radius 2 is 1.77 bits per heavy atom. The number of thiazole rings is 1. The number of nitrogens with one attached hydrogen (secondary N) is 1. The molecule has 0 radical (unpaired) electrons. The Bertz CT molecular complexity index is 1080. The molecule has 0 fully saturated rings. The normalized spacial score (nSPS) is 10.8. The number of hydrogen-bond donors (Lipinski definition) is 1. The van der Waals surface area contributed by atoms with Gasteiger partial charge in [0, 0.05) is 23.1 Å². The third-order valence-electron chi connectivity index (χ3n) is 4.41. The Morgan fingerprint density at radius 1 is 1.00 bits per heavy atom. The number of aryl methyl sites for hydroxylation is 1. The number of benzene rings is 3. The lowest BCUT2D eigenvalue weighted by atomic mass is 10.0. The highest BCUT2D eigenvalue weighted by atomic mass is 32.1. The van der Waals surface area contributed by atoms with Gasteiger partial charge in [0.2, 0.25) is 0 Å². The average molecular weight is 358 g/mol. The first-order chi connectivity index (χ1) is 12.7. The first-order valence-electron chi connectivity index (χ1n) is 8.49. The van der Waals surface area contributed by atoms with E-state index in [-0.39, 0.29) is 5.91 Å². The van der Waals surface area contributed by atoms with Crippen LogP contribution in [0.15, 0.2) is 72.9 Å². The molecule has 0 aliphatic rings. The summed E-state index contributed by atoms with van der Waals surface area (Å²) in [6.07, 6.45) is 2.65. The molecule has 0 bridgehead atoms. The van der Waals surface area contributed by atoms with E-state index in [1.165, 1.54) is 27.7 Å². The second-order valence-electron chi connectivity index (χ2n) is 6.22. The SMILES string of the molecule is Cc1ccccc1C(=O)Nc1ncc(Cc2cccc3ccccc23)s1. The van der Waals surface area contributed by atoms with Crippen LogP contribution in [0, 0.1) is 6.92 Å². The van der Waals surface area contributed by atoms with Gasteiger partial charge in [-0.05, 0) is 34.9 Å². The summed E-state index contributed by atoms with van der Waals surface area (Å²) in [4.78, 5) is 17.9. The van der Waals surface area contributed by atoms with Gasteiger partial charge in [-0.2, -0.15) is 0 Å². The standard InChI is InChI=1S/C22H18N2OS/c1-15-7-2-4-11-19(15)21(25)24-22-23-14-18(26-22)13-17-10-6-9-16-8-3-5-12-20(16)17/h2-12,14H,13H2,1H3,(H,23,24,25). The van der Waals surface area contributed by atoms with Crippen molar-refractivity contribution in [2.45, 2.75) is 13.3 Å². The quantitative estimate of drug-likeness (QED) is 0.527. The molecule has 0 spiro atoms. The van der Waals surface area contributed by atoms with Crippen molar-refractivity contribution in [1.29, 1.82) is 0 Å². The van der Waals surface area contributed by atoms with Gasteiger partial charge in [-0.15, -0.1) is 11.3 Å². The fourth-order valence-corrected chi connectivity index (χ4v) is 3.90. The van der Waals surface area contributed by atoms with Gasteiger partial charge in [0.1, 0.15) is 0 Å². The van der Waals surface area contributed by atoms with Gasteiger partial charge in [-0.3, -0.25) is 10.1 Å². The number of rotatable bonds is 4. The van der Waals surface area contributed by atoms with Gasteiger partial charge in [0.15, 0.2) is 5.13 Å². The molecule has 1 heterocycles. The Balaban J connectivity index is 1.53. The molecular weight excluding hydrogens is 340 g/mol. The van der Waals surface area contributed by atoms with Gasteiger partial charge in [-0.25, -0.2) is 4.98 Å². The summed E-state index contributed by atoms with van der Waals surface area (Å²) >= 11 is 1.52. The van der Waals surface area contributed by atoms with Crippen LogP contribution in [0.2, 0.25) is 0 Å². The Hall–Kier alpha value is -2.98. The first kappa shape index (κ1) is 16.5. The minimum atomic E-state index is -0.117. The van der Waals surface area contributed by atoms with Crippen LogP contribution in [0.1, 0.15) is 26.4 Å². The number of aromatic nitrogens is 1. The number of carbonyl (C=O) groups is 1. The Morgan fingerprint density at radius 3 is 2.65 bits per heavy atom. The van der Waals surface area contributed by atoms with Gasteiger partial charge >= 0.3 is 0 Å². The molecule has 0 saturated heterocycles. The maximum absolute atomic E-state index is 12.4. The zero-order chi connectivity index (χ0) is 17.9. The van der Waals surface area contributed by atoms with Crippen molar-refractivity contribution < 1.29 is 4.79 Å². The van der Waals surface area contributed by atoms with E-state index in [2.05, 4.69) is 52.8 Å². The van der Waals surface area contributed by atoms with Crippen LogP contribution in [-0.4, -0.2) is 10.9 Å². The number of anilines is 1. The highest BCUT2D eigenvalue weighted by Gasteiger charge is 2.11.